The first-order valence-corrected chi connectivity index (χ1v) is 8.32. The Labute approximate surface area is 127 Å². The van der Waals surface area contributed by atoms with Crippen LogP contribution in [0.15, 0.2) is 0 Å². The summed E-state index contributed by atoms with van der Waals surface area (Å²) in [6, 6.07) is 0. The summed E-state index contributed by atoms with van der Waals surface area (Å²) in [6.45, 7) is 3.94. The number of aliphatic hydroxyl groups is 1. The minimum absolute atomic E-state index is 0.00684. The maximum absolute atomic E-state index is 12.4. The average molecular weight is 296 g/mol. The van der Waals surface area contributed by atoms with Crippen LogP contribution >= 0.6 is 0 Å². The van der Waals surface area contributed by atoms with Gasteiger partial charge in [-0.15, -0.1) is 0 Å². The quantitative estimate of drug-likeness (QED) is 0.806. The van der Waals surface area contributed by atoms with E-state index >= 15 is 0 Å². The van der Waals surface area contributed by atoms with Gasteiger partial charge in [0.05, 0.1) is 17.9 Å². The lowest BCUT2D eigenvalue weighted by Crippen LogP contribution is -2.47. The van der Waals surface area contributed by atoms with Crippen molar-refractivity contribution in [2.24, 2.45) is 5.92 Å². The molecule has 0 radical (unpaired) electrons. The number of hydrogen-bond donors (Lipinski definition) is 2. The van der Waals surface area contributed by atoms with E-state index < -0.39 is 5.60 Å². The molecular weight excluding hydrogens is 268 g/mol. The molecule has 0 bridgehead atoms. The molecule has 21 heavy (non-hydrogen) atoms. The van der Waals surface area contributed by atoms with Crippen molar-refractivity contribution in [1.82, 2.24) is 10.2 Å². The Morgan fingerprint density at radius 1 is 1.29 bits per heavy atom. The molecule has 1 saturated carbocycles. The normalized spacial score (nSPS) is 24.9. The lowest BCUT2D eigenvalue weighted by Gasteiger charge is -2.34. The fourth-order valence-corrected chi connectivity index (χ4v) is 3.41. The van der Waals surface area contributed by atoms with Gasteiger partial charge in [0, 0.05) is 19.6 Å². The molecule has 2 N–H and O–H groups in total. The standard InChI is InChI=1S/C16H28N2O3/c1-2-9-17-15(20)13-6-5-10-18(12-13)14(19)11-16(21)7-3-4-8-16/h13,21H,2-12H2,1H3,(H,17,20). The number of likely N-dealkylation sites (tertiary alicyclic amines) is 1. The highest BCUT2D eigenvalue weighted by Gasteiger charge is 2.36. The first kappa shape index (κ1) is 16.3. The Hall–Kier alpha value is -1.10. The van der Waals surface area contributed by atoms with Gasteiger partial charge in [0.2, 0.25) is 11.8 Å². The van der Waals surface area contributed by atoms with Crippen molar-refractivity contribution >= 4 is 11.8 Å². The second-order valence-corrected chi connectivity index (χ2v) is 6.58. The molecule has 2 rings (SSSR count). The van der Waals surface area contributed by atoms with Crippen LogP contribution in [0, 0.1) is 5.92 Å². The number of piperidine rings is 1. The van der Waals surface area contributed by atoms with Crippen LogP contribution in [0.25, 0.3) is 0 Å². The number of rotatable bonds is 5. The van der Waals surface area contributed by atoms with Crippen LogP contribution in [0.2, 0.25) is 0 Å². The van der Waals surface area contributed by atoms with E-state index in [9.17, 15) is 14.7 Å². The molecule has 5 nitrogen and oxygen atoms in total. The Bertz CT molecular complexity index is 378. The summed E-state index contributed by atoms with van der Waals surface area (Å²) in [7, 11) is 0. The minimum Gasteiger partial charge on any atom is -0.389 e. The number of amides is 2. The molecule has 1 unspecified atom stereocenters. The molecule has 2 fully saturated rings. The lowest BCUT2D eigenvalue weighted by atomic mass is 9.94. The van der Waals surface area contributed by atoms with Crippen molar-refractivity contribution in [3.05, 3.63) is 0 Å². The molecule has 1 atom stereocenters. The summed E-state index contributed by atoms with van der Waals surface area (Å²) in [6.07, 6.45) is 6.33. The average Bonchev–Trinajstić information content (AvgIpc) is 2.91. The van der Waals surface area contributed by atoms with Crippen LogP contribution in [0.1, 0.15) is 58.3 Å². The molecule has 0 aromatic heterocycles. The van der Waals surface area contributed by atoms with Gasteiger partial charge in [0.1, 0.15) is 0 Å². The largest absolute Gasteiger partial charge is 0.389 e. The van der Waals surface area contributed by atoms with Crippen LogP contribution in [-0.4, -0.2) is 47.1 Å². The second kappa shape index (κ2) is 7.25. The molecule has 0 spiro atoms. The SMILES string of the molecule is CCCNC(=O)C1CCCN(C(=O)CC2(O)CCCC2)C1. The first-order valence-electron chi connectivity index (χ1n) is 8.32. The van der Waals surface area contributed by atoms with E-state index in [1.165, 1.54) is 0 Å². The fourth-order valence-electron chi connectivity index (χ4n) is 3.41. The van der Waals surface area contributed by atoms with Gasteiger partial charge in [-0.3, -0.25) is 9.59 Å². The smallest absolute Gasteiger partial charge is 0.225 e. The Morgan fingerprint density at radius 3 is 2.67 bits per heavy atom. The highest BCUT2D eigenvalue weighted by Crippen LogP contribution is 2.33. The van der Waals surface area contributed by atoms with Crippen molar-refractivity contribution in [2.45, 2.75) is 63.9 Å². The van der Waals surface area contributed by atoms with Crippen molar-refractivity contribution in [2.75, 3.05) is 19.6 Å². The van der Waals surface area contributed by atoms with Gasteiger partial charge in [-0.25, -0.2) is 0 Å². The zero-order valence-electron chi connectivity index (χ0n) is 13.1. The number of hydrogen-bond acceptors (Lipinski definition) is 3. The number of carbonyl (C=O) groups excluding carboxylic acids is 2. The van der Waals surface area contributed by atoms with Crippen molar-refractivity contribution < 1.29 is 14.7 Å². The van der Waals surface area contributed by atoms with Crippen LogP contribution in [0.4, 0.5) is 0 Å². The van der Waals surface area contributed by atoms with Crippen LogP contribution < -0.4 is 5.32 Å². The second-order valence-electron chi connectivity index (χ2n) is 6.58. The van der Waals surface area contributed by atoms with E-state index in [1.54, 1.807) is 4.90 Å². The molecule has 0 aromatic carbocycles. The molecule has 0 aromatic rings. The molecule has 2 aliphatic rings. The highest BCUT2D eigenvalue weighted by atomic mass is 16.3. The van der Waals surface area contributed by atoms with Gasteiger partial charge in [0.15, 0.2) is 0 Å². The monoisotopic (exact) mass is 296 g/mol. The molecule has 120 valence electrons. The van der Waals surface area contributed by atoms with Crippen LogP contribution in [-0.2, 0) is 9.59 Å². The van der Waals surface area contributed by atoms with Crippen molar-refractivity contribution in [1.29, 1.82) is 0 Å². The minimum atomic E-state index is -0.797. The number of nitrogens with one attached hydrogen (secondary N) is 1. The van der Waals surface area contributed by atoms with Crippen LogP contribution in [0.3, 0.4) is 0 Å². The Morgan fingerprint density at radius 2 is 2.00 bits per heavy atom. The molecule has 1 aliphatic heterocycles. The molecule has 1 saturated heterocycles. The lowest BCUT2D eigenvalue weighted by molar-refractivity contribution is -0.139. The molecule has 5 heteroatoms. The first-order chi connectivity index (χ1) is 10.0. The number of carbonyl (C=O) groups is 2. The molecule has 2 amide bonds. The van der Waals surface area contributed by atoms with E-state index in [0.29, 0.717) is 19.6 Å². The third-order valence-electron chi connectivity index (χ3n) is 4.71. The molecular formula is C16H28N2O3. The zero-order chi connectivity index (χ0) is 15.3. The predicted molar refractivity (Wildman–Crippen MR) is 80.6 cm³/mol. The van der Waals surface area contributed by atoms with Gasteiger partial charge < -0.3 is 15.3 Å². The Kier molecular flexibility index (Phi) is 5.62. The van der Waals surface area contributed by atoms with E-state index in [0.717, 1.165) is 44.9 Å². The summed E-state index contributed by atoms with van der Waals surface area (Å²) in [5, 5.41) is 13.3. The number of nitrogens with zero attached hydrogens (tertiary/aromatic N) is 1. The molecule has 1 aliphatic carbocycles. The third-order valence-corrected chi connectivity index (χ3v) is 4.71. The predicted octanol–water partition coefficient (Wildman–Crippen LogP) is 1.45. The van der Waals surface area contributed by atoms with Crippen LogP contribution in [0.5, 0.6) is 0 Å². The summed E-state index contributed by atoms with van der Waals surface area (Å²) in [4.78, 5) is 26.2. The van der Waals surface area contributed by atoms with Gasteiger partial charge in [-0.05, 0) is 32.1 Å². The van der Waals surface area contributed by atoms with E-state index in [1.807, 2.05) is 6.92 Å². The maximum atomic E-state index is 12.4. The van der Waals surface area contributed by atoms with Crippen molar-refractivity contribution in [3.8, 4) is 0 Å². The van der Waals surface area contributed by atoms with E-state index in [2.05, 4.69) is 5.32 Å². The maximum Gasteiger partial charge on any atom is 0.225 e. The summed E-state index contributed by atoms with van der Waals surface area (Å²) < 4.78 is 0. The fraction of sp³-hybridized carbons (Fsp3) is 0.875. The topological polar surface area (TPSA) is 69.6 Å². The molecule has 1 heterocycles. The third kappa shape index (κ3) is 4.43. The van der Waals surface area contributed by atoms with Crippen molar-refractivity contribution in [3.63, 3.8) is 0 Å². The summed E-state index contributed by atoms with van der Waals surface area (Å²) in [5.74, 6) is -0.0196. The summed E-state index contributed by atoms with van der Waals surface area (Å²) >= 11 is 0. The van der Waals surface area contributed by atoms with E-state index in [4.69, 9.17) is 0 Å². The zero-order valence-corrected chi connectivity index (χ0v) is 13.1. The van der Waals surface area contributed by atoms with E-state index in [-0.39, 0.29) is 24.2 Å². The van der Waals surface area contributed by atoms with Gasteiger partial charge >= 0.3 is 0 Å². The summed E-state index contributed by atoms with van der Waals surface area (Å²) in [5.41, 5.74) is -0.797. The van der Waals surface area contributed by atoms with Gasteiger partial charge in [-0.2, -0.15) is 0 Å². The van der Waals surface area contributed by atoms with Gasteiger partial charge in [0.25, 0.3) is 0 Å². The Balaban J connectivity index is 1.85. The highest BCUT2D eigenvalue weighted by molar-refractivity contribution is 5.81. The van der Waals surface area contributed by atoms with Gasteiger partial charge in [-0.1, -0.05) is 19.8 Å².